The molecule has 0 saturated heterocycles. The minimum absolute atomic E-state index is 0. The van der Waals surface area contributed by atoms with Gasteiger partial charge < -0.3 is 14.4 Å². The van der Waals surface area contributed by atoms with E-state index >= 15 is 0 Å². The van der Waals surface area contributed by atoms with E-state index in [1.165, 1.54) is 6.92 Å². The van der Waals surface area contributed by atoms with Gasteiger partial charge in [-0.05, 0) is 18.9 Å². The van der Waals surface area contributed by atoms with Crippen LogP contribution in [0, 0.1) is 0 Å². The summed E-state index contributed by atoms with van der Waals surface area (Å²) in [7, 11) is -1.50. The molecule has 90 valence electrons. The van der Waals surface area contributed by atoms with Gasteiger partial charge >= 0.3 is 5.97 Å². The van der Waals surface area contributed by atoms with Crippen LogP contribution in [0.15, 0.2) is 30.3 Å². The van der Waals surface area contributed by atoms with Gasteiger partial charge in [0, 0.05) is 59.1 Å². The first-order chi connectivity index (χ1) is 7.58. The number of aliphatic carboxylic acids is 1. The van der Waals surface area contributed by atoms with Crippen molar-refractivity contribution in [2.45, 2.75) is 18.7 Å². The number of hydrogen-bond acceptors (Lipinski definition) is 3. The Kier molecular flexibility index (Phi) is 12.5. The monoisotopic (exact) mass is 288 g/mol. The first-order valence-corrected chi connectivity index (χ1v) is 6.01. The summed E-state index contributed by atoms with van der Waals surface area (Å²) in [5, 5.41) is 7.29. The molecule has 0 heterocycles. The molecule has 1 rings (SSSR count). The Morgan fingerprint density at radius 3 is 2.33 bits per heavy atom. The molecule has 0 fully saturated rings. The Morgan fingerprint density at radius 1 is 1.33 bits per heavy atom. The van der Waals surface area contributed by atoms with Gasteiger partial charge in [0.05, 0.1) is 6.61 Å². The predicted molar refractivity (Wildman–Crippen MR) is 74.0 cm³/mol. The Labute approximate surface area is 152 Å². The number of hydrogen-bond donors (Lipinski definition) is 1. The molecule has 0 aliphatic rings. The summed E-state index contributed by atoms with van der Waals surface area (Å²) in [4.78, 5) is 10.8. The van der Waals surface area contributed by atoms with Gasteiger partial charge in [0.15, 0.2) is 0 Å². The third kappa shape index (κ3) is 6.88. The van der Waals surface area contributed by atoms with Crippen LogP contribution >= 0.6 is 8.46 Å². The summed E-state index contributed by atoms with van der Waals surface area (Å²) < 4.78 is 16.0. The summed E-state index contributed by atoms with van der Waals surface area (Å²) >= 11 is 0. The molecule has 2 unspecified atom stereocenters. The molecule has 0 aliphatic heterocycles. The van der Waals surface area contributed by atoms with Gasteiger partial charge in [-0.1, -0.05) is 30.3 Å². The van der Waals surface area contributed by atoms with E-state index in [2.05, 4.69) is 0 Å². The second-order valence-electron chi connectivity index (χ2n) is 3.61. The van der Waals surface area contributed by atoms with Crippen LogP contribution in [-0.4, -0.2) is 82.1 Å². The molecule has 2 atom stereocenters. The molecule has 0 aliphatic carbocycles. The molecule has 0 spiro atoms. The molecule has 0 bridgehead atoms. The Morgan fingerprint density at radius 2 is 1.89 bits per heavy atom. The second-order valence-corrected chi connectivity index (χ2v) is 4.95. The molecule has 7 heteroatoms. The van der Waals surface area contributed by atoms with Crippen molar-refractivity contribution in [3.05, 3.63) is 35.9 Å². The number of benzene rings is 1. The van der Waals surface area contributed by atoms with Crippen molar-refractivity contribution in [3.63, 3.8) is 0 Å². The van der Waals surface area contributed by atoms with E-state index in [0.717, 1.165) is 5.56 Å². The molecule has 0 saturated carbocycles. The molecule has 0 amide bonds. The third-order valence-corrected chi connectivity index (χ3v) is 3.15. The van der Waals surface area contributed by atoms with Crippen LogP contribution in [0.5, 0.6) is 0 Å². The molecule has 0 aromatic heterocycles. The zero-order chi connectivity index (χ0) is 12.0. The van der Waals surface area contributed by atoms with Gasteiger partial charge in [0.2, 0.25) is 5.34 Å². The van der Waals surface area contributed by atoms with Crippen molar-refractivity contribution in [1.29, 1.82) is 0 Å². The van der Waals surface area contributed by atoms with Gasteiger partial charge in [-0.3, -0.25) is 0 Å². The Hall–Kier alpha value is 0.880. The normalized spacial score (nSPS) is 13.4. The van der Waals surface area contributed by atoms with E-state index in [-0.39, 0.29) is 65.7 Å². The van der Waals surface area contributed by atoms with Crippen molar-refractivity contribution in [2.75, 3.05) is 6.61 Å². The summed E-state index contributed by atoms with van der Waals surface area (Å²) in [6.07, 6.45) is 0.614. The number of carbonyl (C=O) groups is 1. The smallest absolute Gasteiger partial charge is 0.342 e. The average Bonchev–Trinajstić information content (AvgIpc) is 2.30. The largest absolute Gasteiger partial charge is 0.479 e. The van der Waals surface area contributed by atoms with Gasteiger partial charge in [-0.25, -0.2) is 4.79 Å². The van der Waals surface area contributed by atoms with Crippen LogP contribution < -0.4 is 0 Å². The minimum atomic E-state index is -1.53. The van der Waals surface area contributed by atoms with Crippen LogP contribution in [0.1, 0.15) is 12.5 Å². The van der Waals surface area contributed by atoms with E-state index < -0.39 is 19.8 Å². The Balaban J connectivity index is 0. The van der Waals surface area contributed by atoms with Gasteiger partial charge in [0.25, 0.3) is 0 Å². The van der Waals surface area contributed by atoms with Crippen LogP contribution in [0.3, 0.4) is 0 Å². The maximum Gasteiger partial charge on any atom is 0.342 e. The zero-order valence-corrected chi connectivity index (χ0v) is 16.2. The van der Waals surface area contributed by atoms with Crippen LogP contribution in [-0.2, 0) is 20.5 Å². The SMILES string of the molecule is CC(OCCc1ccccc1)([PH2]=O)C(=O)O.[Na].[Na]. The van der Waals surface area contributed by atoms with Gasteiger partial charge in [-0.15, -0.1) is 0 Å². The van der Waals surface area contributed by atoms with Crippen molar-refractivity contribution in [3.8, 4) is 0 Å². The minimum Gasteiger partial charge on any atom is -0.479 e. The first kappa shape index (κ1) is 21.2. The van der Waals surface area contributed by atoms with E-state index in [9.17, 15) is 9.36 Å². The van der Waals surface area contributed by atoms with Crippen LogP contribution in [0.25, 0.3) is 0 Å². The fraction of sp³-hybridized carbons (Fsp3) is 0.364. The average molecular weight is 288 g/mol. The van der Waals surface area contributed by atoms with E-state index in [1.807, 2.05) is 30.3 Å². The summed E-state index contributed by atoms with van der Waals surface area (Å²) in [6.45, 7) is 1.59. The van der Waals surface area contributed by atoms with Gasteiger partial charge in [0.1, 0.15) is 8.46 Å². The van der Waals surface area contributed by atoms with Crippen LogP contribution in [0.2, 0.25) is 0 Å². The number of ether oxygens (including phenoxy) is 1. The van der Waals surface area contributed by atoms with Crippen molar-refractivity contribution >= 4 is 73.5 Å². The second kappa shape index (κ2) is 10.6. The van der Waals surface area contributed by atoms with Crippen molar-refractivity contribution in [2.24, 2.45) is 0 Å². The van der Waals surface area contributed by atoms with E-state index in [1.54, 1.807) is 0 Å². The Bertz CT molecular complexity index is 375. The summed E-state index contributed by atoms with van der Waals surface area (Å²) in [5.41, 5.74) is 1.07. The molecular weight excluding hydrogens is 273 g/mol. The standard InChI is InChI=1S/C11H15O4P.2Na/c1-11(16-14,10(12)13)15-8-7-9-5-3-2-4-6-9;;/h2-6H,7-8,16H2,1H3,(H,12,13);;. The van der Waals surface area contributed by atoms with Crippen molar-refractivity contribution < 1.29 is 19.2 Å². The van der Waals surface area contributed by atoms with Crippen molar-refractivity contribution in [1.82, 2.24) is 0 Å². The predicted octanol–water partition coefficient (Wildman–Crippen LogP) is 1.04. The number of rotatable bonds is 6. The fourth-order valence-electron chi connectivity index (χ4n) is 1.17. The number of carboxylic acids is 1. The summed E-state index contributed by atoms with van der Waals surface area (Å²) in [6, 6.07) is 9.60. The molecule has 1 aromatic rings. The topological polar surface area (TPSA) is 63.6 Å². The zero-order valence-electron chi connectivity index (χ0n) is 11.1. The molecule has 1 aromatic carbocycles. The molecular formula is C11H15Na2O4P. The maximum atomic E-state index is 10.8. The molecule has 4 nitrogen and oxygen atoms in total. The maximum absolute atomic E-state index is 10.8. The molecule has 1 N–H and O–H groups in total. The van der Waals surface area contributed by atoms with E-state index in [4.69, 9.17) is 9.84 Å². The molecule has 2 radical (unpaired) electrons. The first-order valence-electron chi connectivity index (χ1n) is 4.96. The van der Waals surface area contributed by atoms with Crippen LogP contribution in [0.4, 0.5) is 0 Å². The fourth-order valence-corrected chi connectivity index (χ4v) is 1.46. The quantitative estimate of drug-likeness (QED) is 0.627. The van der Waals surface area contributed by atoms with E-state index in [0.29, 0.717) is 6.42 Å². The molecule has 18 heavy (non-hydrogen) atoms. The summed E-state index contributed by atoms with van der Waals surface area (Å²) in [5.74, 6) is -1.18. The van der Waals surface area contributed by atoms with Gasteiger partial charge in [-0.2, -0.15) is 0 Å². The third-order valence-electron chi connectivity index (χ3n) is 2.29. The number of carboxylic acid groups (broad SMARTS) is 1.